The molecule has 0 aliphatic carbocycles. The molecular formula is C24H24N2O4S. The first-order valence-corrected chi connectivity index (χ1v) is 10.9. The maximum atomic E-state index is 12.7. The minimum atomic E-state index is -0.354. The largest absolute Gasteiger partial charge is 0.482 e. The summed E-state index contributed by atoms with van der Waals surface area (Å²) in [5, 5.41) is 1.01. The van der Waals surface area contributed by atoms with Crippen molar-refractivity contribution in [3.05, 3.63) is 63.5 Å². The van der Waals surface area contributed by atoms with E-state index < -0.39 is 0 Å². The second kappa shape index (κ2) is 8.51. The zero-order chi connectivity index (χ0) is 22.1. The minimum absolute atomic E-state index is 0.0000183. The van der Waals surface area contributed by atoms with Crippen molar-refractivity contribution in [3.8, 4) is 17.0 Å². The summed E-state index contributed by atoms with van der Waals surface area (Å²) in [7, 11) is 0. The first-order chi connectivity index (χ1) is 14.8. The van der Waals surface area contributed by atoms with Crippen molar-refractivity contribution in [1.29, 1.82) is 0 Å². The van der Waals surface area contributed by atoms with E-state index >= 15 is 0 Å². The lowest BCUT2D eigenvalue weighted by Gasteiger charge is -2.30. The van der Waals surface area contributed by atoms with E-state index in [0.29, 0.717) is 17.9 Å². The predicted molar refractivity (Wildman–Crippen MR) is 121 cm³/mol. The van der Waals surface area contributed by atoms with Crippen LogP contribution in [0.2, 0.25) is 0 Å². The van der Waals surface area contributed by atoms with E-state index in [-0.39, 0.29) is 24.6 Å². The number of ether oxygens (including phenoxy) is 2. The fourth-order valence-corrected chi connectivity index (χ4v) is 4.37. The van der Waals surface area contributed by atoms with Gasteiger partial charge in [0.25, 0.3) is 5.91 Å². The number of rotatable bonds is 5. The molecule has 0 unspecified atom stereocenters. The molecule has 1 aromatic heterocycles. The van der Waals surface area contributed by atoms with Gasteiger partial charge in [-0.05, 0) is 63.6 Å². The third kappa shape index (κ3) is 4.46. The van der Waals surface area contributed by atoms with Crippen LogP contribution in [-0.4, -0.2) is 29.6 Å². The number of esters is 1. The summed E-state index contributed by atoms with van der Waals surface area (Å²) in [6, 6.07) is 13.0. The van der Waals surface area contributed by atoms with E-state index in [4.69, 9.17) is 9.47 Å². The number of aromatic nitrogens is 1. The molecule has 2 heterocycles. The highest BCUT2D eigenvalue weighted by Gasteiger charge is 2.26. The summed E-state index contributed by atoms with van der Waals surface area (Å²) >= 11 is 1.65. The molecule has 2 aromatic carbocycles. The minimum Gasteiger partial charge on any atom is -0.482 e. The molecule has 1 aliphatic heterocycles. The third-order valence-electron chi connectivity index (χ3n) is 4.95. The monoisotopic (exact) mass is 436 g/mol. The first kappa shape index (κ1) is 21.1. The Morgan fingerprint density at radius 2 is 1.94 bits per heavy atom. The van der Waals surface area contributed by atoms with Gasteiger partial charge in [0.05, 0.1) is 34.6 Å². The van der Waals surface area contributed by atoms with Crippen molar-refractivity contribution in [3.63, 3.8) is 0 Å². The van der Waals surface area contributed by atoms with E-state index in [1.807, 2.05) is 58.0 Å². The fourth-order valence-electron chi connectivity index (χ4n) is 3.53. The fraction of sp³-hybridized carbons (Fsp3) is 0.292. The van der Waals surface area contributed by atoms with Gasteiger partial charge in [0, 0.05) is 10.4 Å². The second-order valence-corrected chi connectivity index (χ2v) is 9.15. The molecule has 0 radical (unpaired) electrons. The Morgan fingerprint density at radius 1 is 1.19 bits per heavy atom. The smallest absolute Gasteiger partial charge is 0.338 e. The van der Waals surface area contributed by atoms with Gasteiger partial charge in [-0.25, -0.2) is 9.78 Å². The number of aryl methyl sites for hydroxylation is 2. The lowest BCUT2D eigenvalue weighted by molar-refractivity contribution is -0.121. The maximum Gasteiger partial charge on any atom is 0.338 e. The molecule has 0 saturated heterocycles. The van der Waals surface area contributed by atoms with Crippen LogP contribution in [-0.2, 0) is 16.1 Å². The van der Waals surface area contributed by atoms with Crippen LogP contribution < -0.4 is 9.64 Å². The third-order valence-corrected chi connectivity index (χ3v) is 5.84. The molecule has 3 aromatic rings. The molecule has 0 saturated carbocycles. The molecule has 0 atom stereocenters. The molecule has 7 heteroatoms. The highest BCUT2D eigenvalue weighted by molar-refractivity contribution is 7.11. The Morgan fingerprint density at radius 3 is 2.58 bits per heavy atom. The Balaban J connectivity index is 1.61. The van der Waals surface area contributed by atoms with Gasteiger partial charge in [-0.3, -0.25) is 4.79 Å². The predicted octanol–water partition coefficient (Wildman–Crippen LogP) is 4.92. The van der Waals surface area contributed by atoms with E-state index in [0.717, 1.165) is 32.4 Å². The number of fused-ring (bicyclic) bond motifs is 1. The number of anilines is 1. The summed E-state index contributed by atoms with van der Waals surface area (Å²) in [6.07, 6.45) is -0.172. The number of amides is 1. The Bertz CT molecular complexity index is 1130. The Labute approximate surface area is 185 Å². The van der Waals surface area contributed by atoms with E-state index in [9.17, 15) is 9.59 Å². The van der Waals surface area contributed by atoms with Gasteiger partial charge in [0.1, 0.15) is 5.75 Å². The number of carbonyl (C=O) groups excluding carboxylic acids is 2. The summed E-state index contributed by atoms with van der Waals surface area (Å²) in [5.41, 5.74) is 4.00. The molecule has 0 spiro atoms. The number of benzene rings is 2. The van der Waals surface area contributed by atoms with Gasteiger partial charge in [0.15, 0.2) is 6.61 Å². The summed E-state index contributed by atoms with van der Waals surface area (Å²) in [4.78, 5) is 32.2. The van der Waals surface area contributed by atoms with Crippen LogP contribution in [0, 0.1) is 13.8 Å². The van der Waals surface area contributed by atoms with Gasteiger partial charge in [-0.2, -0.15) is 0 Å². The molecule has 1 amide bonds. The van der Waals surface area contributed by atoms with Crippen LogP contribution >= 0.6 is 11.3 Å². The molecule has 160 valence electrons. The SMILES string of the molecule is Cc1nc(-c2ccc3c(c2)N(Cc2ccc(C(=O)OC(C)C)cc2)C(=O)CO3)c(C)s1. The van der Waals surface area contributed by atoms with E-state index in [1.54, 1.807) is 28.4 Å². The van der Waals surface area contributed by atoms with Gasteiger partial charge in [-0.1, -0.05) is 12.1 Å². The quantitative estimate of drug-likeness (QED) is 0.531. The van der Waals surface area contributed by atoms with Crippen molar-refractivity contribution in [2.75, 3.05) is 11.5 Å². The number of nitrogens with zero attached hydrogens (tertiary/aromatic N) is 2. The van der Waals surface area contributed by atoms with Gasteiger partial charge in [0.2, 0.25) is 0 Å². The topological polar surface area (TPSA) is 68.7 Å². The lowest BCUT2D eigenvalue weighted by Crippen LogP contribution is -2.38. The van der Waals surface area contributed by atoms with Crippen LogP contribution in [0.1, 0.15) is 39.7 Å². The van der Waals surface area contributed by atoms with Crippen molar-refractivity contribution in [1.82, 2.24) is 4.98 Å². The number of carbonyl (C=O) groups is 2. The summed E-state index contributed by atoms with van der Waals surface area (Å²) in [5.74, 6) is 0.206. The first-order valence-electron chi connectivity index (χ1n) is 10.1. The van der Waals surface area contributed by atoms with Crippen LogP contribution in [0.5, 0.6) is 5.75 Å². The highest BCUT2D eigenvalue weighted by Crippen LogP contribution is 2.38. The van der Waals surface area contributed by atoms with E-state index in [1.165, 1.54) is 0 Å². The van der Waals surface area contributed by atoms with Crippen LogP contribution in [0.15, 0.2) is 42.5 Å². The molecule has 4 rings (SSSR count). The molecular weight excluding hydrogens is 412 g/mol. The standard InChI is InChI=1S/C24H24N2O4S/c1-14(2)30-24(28)18-7-5-17(6-8-18)12-26-20-11-19(23-15(3)31-16(4)25-23)9-10-21(20)29-13-22(26)27/h5-11,14H,12-13H2,1-4H3. The average Bonchev–Trinajstić information content (AvgIpc) is 3.07. The average molecular weight is 437 g/mol. The molecule has 6 nitrogen and oxygen atoms in total. The zero-order valence-corrected chi connectivity index (χ0v) is 18.8. The zero-order valence-electron chi connectivity index (χ0n) is 18.0. The number of hydrogen-bond acceptors (Lipinski definition) is 6. The lowest BCUT2D eigenvalue weighted by atomic mass is 10.1. The van der Waals surface area contributed by atoms with Crippen molar-refractivity contribution in [2.45, 2.75) is 40.3 Å². The molecule has 0 N–H and O–H groups in total. The molecule has 0 bridgehead atoms. The molecule has 0 fully saturated rings. The van der Waals surface area contributed by atoms with Crippen molar-refractivity contribution < 1.29 is 19.1 Å². The van der Waals surface area contributed by atoms with E-state index in [2.05, 4.69) is 4.98 Å². The van der Waals surface area contributed by atoms with Gasteiger partial charge < -0.3 is 14.4 Å². The molecule has 31 heavy (non-hydrogen) atoms. The number of thiazole rings is 1. The summed E-state index contributed by atoms with van der Waals surface area (Å²) in [6.45, 7) is 8.05. The highest BCUT2D eigenvalue weighted by atomic mass is 32.1. The Hall–Kier alpha value is -3.19. The second-order valence-electron chi connectivity index (χ2n) is 7.74. The van der Waals surface area contributed by atoms with Gasteiger partial charge >= 0.3 is 5.97 Å². The Kier molecular flexibility index (Phi) is 5.78. The normalized spacial score (nSPS) is 13.2. The summed E-state index contributed by atoms with van der Waals surface area (Å²) < 4.78 is 10.9. The van der Waals surface area contributed by atoms with Crippen LogP contribution in [0.25, 0.3) is 11.3 Å². The van der Waals surface area contributed by atoms with Crippen LogP contribution in [0.4, 0.5) is 5.69 Å². The van der Waals surface area contributed by atoms with Crippen molar-refractivity contribution in [2.24, 2.45) is 0 Å². The molecule has 1 aliphatic rings. The van der Waals surface area contributed by atoms with Gasteiger partial charge in [-0.15, -0.1) is 11.3 Å². The maximum absolute atomic E-state index is 12.7. The number of hydrogen-bond donors (Lipinski definition) is 0. The van der Waals surface area contributed by atoms with Crippen molar-refractivity contribution >= 4 is 28.9 Å². The van der Waals surface area contributed by atoms with Crippen LogP contribution in [0.3, 0.4) is 0 Å².